The van der Waals surface area contributed by atoms with Crippen molar-refractivity contribution in [3.8, 4) is 0 Å². The summed E-state index contributed by atoms with van der Waals surface area (Å²) in [6.07, 6.45) is 6.39. The molecule has 0 radical (unpaired) electrons. The lowest BCUT2D eigenvalue weighted by atomic mass is 10.1. The maximum absolute atomic E-state index is 12.5. The third-order valence-electron chi connectivity index (χ3n) is 6.38. The number of likely N-dealkylation sites (tertiary alicyclic amines) is 1. The minimum absolute atomic E-state index is 0.103. The highest BCUT2D eigenvalue weighted by molar-refractivity contribution is 6.02. The topological polar surface area (TPSA) is 65.0 Å². The SMILES string of the molecule is O=C(CCC(=O)N1CCC(c2ccccc2)=N1)NCc1ccc(CN2CCCCCC2)cc1. The zero-order valence-electron chi connectivity index (χ0n) is 19.3. The molecule has 0 spiro atoms. The van der Waals surface area contributed by atoms with E-state index in [0.717, 1.165) is 29.8 Å². The zero-order chi connectivity index (χ0) is 22.9. The van der Waals surface area contributed by atoms with E-state index >= 15 is 0 Å². The average molecular weight is 447 g/mol. The van der Waals surface area contributed by atoms with Crippen molar-refractivity contribution in [1.29, 1.82) is 0 Å². The fourth-order valence-electron chi connectivity index (χ4n) is 4.42. The van der Waals surface area contributed by atoms with E-state index in [-0.39, 0.29) is 24.7 Å². The number of amides is 2. The maximum Gasteiger partial charge on any atom is 0.243 e. The van der Waals surface area contributed by atoms with Crippen LogP contribution in [0, 0.1) is 0 Å². The first-order valence-corrected chi connectivity index (χ1v) is 12.2. The predicted molar refractivity (Wildman–Crippen MR) is 131 cm³/mol. The molecule has 2 aliphatic heterocycles. The molecule has 6 heteroatoms. The Balaban J connectivity index is 1.17. The van der Waals surface area contributed by atoms with Crippen molar-refractivity contribution in [3.05, 3.63) is 71.3 Å². The lowest BCUT2D eigenvalue weighted by molar-refractivity contribution is -0.133. The van der Waals surface area contributed by atoms with Gasteiger partial charge in [0.1, 0.15) is 0 Å². The summed E-state index contributed by atoms with van der Waals surface area (Å²) >= 11 is 0. The van der Waals surface area contributed by atoms with Crippen LogP contribution in [0.3, 0.4) is 0 Å². The molecule has 0 aromatic heterocycles. The molecule has 0 unspecified atom stereocenters. The monoisotopic (exact) mass is 446 g/mol. The second kappa shape index (κ2) is 11.8. The van der Waals surface area contributed by atoms with Crippen molar-refractivity contribution in [3.63, 3.8) is 0 Å². The normalized spacial score (nSPS) is 16.8. The van der Waals surface area contributed by atoms with E-state index in [1.54, 1.807) is 0 Å². The van der Waals surface area contributed by atoms with E-state index in [2.05, 4.69) is 39.6 Å². The fraction of sp³-hybridized carbons (Fsp3) is 0.444. The van der Waals surface area contributed by atoms with Crippen molar-refractivity contribution in [2.24, 2.45) is 5.10 Å². The highest BCUT2D eigenvalue weighted by atomic mass is 16.2. The van der Waals surface area contributed by atoms with Gasteiger partial charge >= 0.3 is 0 Å². The average Bonchev–Trinajstić information content (AvgIpc) is 3.21. The van der Waals surface area contributed by atoms with Gasteiger partial charge in [-0.15, -0.1) is 0 Å². The summed E-state index contributed by atoms with van der Waals surface area (Å²) in [5.74, 6) is -0.211. The Morgan fingerprint density at radius 2 is 1.52 bits per heavy atom. The van der Waals surface area contributed by atoms with Gasteiger partial charge in [-0.05, 0) is 42.6 Å². The van der Waals surface area contributed by atoms with Gasteiger partial charge in [0.25, 0.3) is 0 Å². The van der Waals surface area contributed by atoms with Gasteiger partial charge in [0.15, 0.2) is 0 Å². The van der Waals surface area contributed by atoms with Crippen LogP contribution >= 0.6 is 0 Å². The zero-order valence-corrected chi connectivity index (χ0v) is 19.3. The molecule has 4 rings (SSSR count). The number of rotatable bonds is 8. The Bertz CT molecular complexity index is 948. The molecule has 174 valence electrons. The first-order chi connectivity index (χ1) is 16.2. The van der Waals surface area contributed by atoms with Crippen LogP contribution in [0.1, 0.15) is 61.6 Å². The molecule has 1 fully saturated rings. The summed E-state index contributed by atoms with van der Waals surface area (Å²) < 4.78 is 0. The van der Waals surface area contributed by atoms with Crippen molar-refractivity contribution in [2.75, 3.05) is 19.6 Å². The van der Waals surface area contributed by atoms with Gasteiger partial charge in [0.05, 0.1) is 12.3 Å². The Morgan fingerprint density at radius 1 is 0.818 bits per heavy atom. The Kier molecular flexibility index (Phi) is 8.25. The molecule has 2 amide bonds. The molecule has 0 saturated carbocycles. The highest BCUT2D eigenvalue weighted by Gasteiger charge is 2.21. The molecule has 0 bridgehead atoms. The van der Waals surface area contributed by atoms with Crippen LogP contribution in [0.5, 0.6) is 0 Å². The van der Waals surface area contributed by atoms with Gasteiger partial charge < -0.3 is 5.32 Å². The molecule has 1 N–H and O–H groups in total. The van der Waals surface area contributed by atoms with Crippen LogP contribution < -0.4 is 5.32 Å². The minimum Gasteiger partial charge on any atom is -0.352 e. The summed E-state index contributed by atoms with van der Waals surface area (Å²) in [5.41, 5.74) is 4.36. The summed E-state index contributed by atoms with van der Waals surface area (Å²) in [7, 11) is 0. The number of carbonyl (C=O) groups excluding carboxylic acids is 2. The number of hydrogen-bond donors (Lipinski definition) is 1. The quantitative estimate of drug-likeness (QED) is 0.664. The smallest absolute Gasteiger partial charge is 0.243 e. The first kappa shape index (κ1) is 23.2. The fourth-order valence-corrected chi connectivity index (χ4v) is 4.42. The van der Waals surface area contributed by atoms with Gasteiger partial charge in [0.2, 0.25) is 11.8 Å². The van der Waals surface area contributed by atoms with Gasteiger partial charge in [-0.25, -0.2) is 5.01 Å². The number of carbonyl (C=O) groups is 2. The van der Waals surface area contributed by atoms with Crippen LogP contribution in [0.15, 0.2) is 59.7 Å². The second-order valence-electron chi connectivity index (χ2n) is 8.96. The standard InChI is InChI=1S/C27H34N4O2/c32-26(14-15-27(33)31-19-16-25(29-31)24-8-4-3-5-9-24)28-20-22-10-12-23(13-11-22)21-30-17-6-1-2-7-18-30/h3-5,8-13H,1-2,6-7,14-21H2,(H,28,32). The minimum atomic E-state index is -0.108. The van der Waals surface area contributed by atoms with Crippen molar-refractivity contribution < 1.29 is 9.59 Å². The number of nitrogens with zero attached hydrogens (tertiary/aromatic N) is 3. The molecule has 2 aromatic rings. The first-order valence-electron chi connectivity index (χ1n) is 12.2. The number of nitrogens with one attached hydrogen (secondary N) is 1. The van der Waals surface area contributed by atoms with E-state index in [1.807, 2.05) is 30.3 Å². The molecule has 2 aromatic carbocycles. The molecule has 33 heavy (non-hydrogen) atoms. The van der Waals surface area contributed by atoms with Crippen LogP contribution in [0.2, 0.25) is 0 Å². The van der Waals surface area contributed by atoms with Crippen molar-refractivity contribution in [2.45, 2.75) is 58.0 Å². The Morgan fingerprint density at radius 3 is 2.24 bits per heavy atom. The molecule has 2 heterocycles. The van der Waals surface area contributed by atoms with Crippen molar-refractivity contribution in [1.82, 2.24) is 15.2 Å². The summed E-state index contributed by atoms with van der Waals surface area (Å²) in [5, 5.41) is 8.88. The number of benzene rings is 2. The predicted octanol–water partition coefficient (Wildman–Crippen LogP) is 4.10. The molecule has 6 nitrogen and oxygen atoms in total. The van der Waals surface area contributed by atoms with Crippen LogP contribution in [-0.2, 0) is 22.7 Å². The van der Waals surface area contributed by atoms with E-state index in [9.17, 15) is 9.59 Å². The molecule has 1 saturated heterocycles. The van der Waals surface area contributed by atoms with Gasteiger partial charge in [-0.3, -0.25) is 14.5 Å². The highest BCUT2D eigenvalue weighted by Crippen LogP contribution is 2.16. The van der Waals surface area contributed by atoms with E-state index in [4.69, 9.17) is 0 Å². The molecule has 2 aliphatic rings. The molecular formula is C27H34N4O2. The molecular weight excluding hydrogens is 412 g/mol. The third kappa shape index (κ3) is 6.99. The maximum atomic E-state index is 12.5. The number of hydrazone groups is 1. The molecule has 0 aliphatic carbocycles. The van der Waals surface area contributed by atoms with E-state index in [1.165, 1.54) is 49.3 Å². The second-order valence-corrected chi connectivity index (χ2v) is 8.96. The molecule has 0 atom stereocenters. The van der Waals surface area contributed by atoms with Crippen LogP contribution in [0.4, 0.5) is 0 Å². The van der Waals surface area contributed by atoms with Gasteiger partial charge in [0, 0.05) is 32.4 Å². The van der Waals surface area contributed by atoms with Crippen LogP contribution in [0.25, 0.3) is 0 Å². The van der Waals surface area contributed by atoms with Gasteiger partial charge in [-0.1, -0.05) is 67.4 Å². The largest absolute Gasteiger partial charge is 0.352 e. The lowest BCUT2D eigenvalue weighted by Gasteiger charge is -2.19. The lowest BCUT2D eigenvalue weighted by Crippen LogP contribution is -2.27. The summed E-state index contributed by atoms with van der Waals surface area (Å²) in [4.78, 5) is 27.3. The van der Waals surface area contributed by atoms with Crippen molar-refractivity contribution >= 4 is 17.5 Å². The Labute approximate surface area is 196 Å². The summed E-state index contributed by atoms with van der Waals surface area (Å²) in [6.45, 7) is 4.44. The van der Waals surface area contributed by atoms with E-state index < -0.39 is 0 Å². The third-order valence-corrected chi connectivity index (χ3v) is 6.38. The van der Waals surface area contributed by atoms with E-state index in [0.29, 0.717) is 13.1 Å². The van der Waals surface area contributed by atoms with Crippen LogP contribution in [-0.4, -0.2) is 47.1 Å². The number of hydrogen-bond acceptors (Lipinski definition) is 4. The Hall–Kier alpha value is -2.99. The van der Waals surface area contributed by atoms with Gasteiger partial charge in [-0.2, -0.15) is 5.10 Å². The summed E-state index contributed by atoms with van der Waals surface area (Å²) in [6, 6.07) is 18.4.